The third-order valence-corrected chi connectivity index (χ3v) is 5.51. The number of hydrogen-bond acceptors (Lipinski definition) is 6. The van der Waals surface area contributed by atoms with Crippen molar-refractivity contribution in [1.29, 1.82) is 0 Å². The molecule has 0 saturated carbocycles. The zero-order valence-electron chi connectivity index (χ0n) is 14.3. The molecule has 0 atom stereocenters. The summed E-state index contributed by atoms with van der Waals surface area (Å²) in [4.78, 5) is 38.5. The maximum absolute atomic E-state index is 12.3. The Morgan fingerprint density at radius 1 is 1.11 bits per heavy atom. The number of hydrogen-bond donors (Lipinski definition) is 1. The molecule has 8 nitrogen and oxygen atoms in total. The smallest absolute Gasteiger partial charge is 0.324 e. The Balaban J connectivity index is 1.47. The summed E-state index contributed by atoms with van der Waals surface area (Å²) in [5.74, 6) is -0.661. The standard InChI is InChI=1S/C17H17ClN4O4S/c18-12-1-3-13(4-2-12)20-7-9-21(10-8-20)15(23)11-19-17(24)14-5-6-16(27-14)22(25)26/h1-6H,7-11H2,(H,19,24). The Morgan fingerprint density at radius 2 is 1.78 bits per heavy atom. The highest BCUT2D eigenvalue weighted by Crippen LogP contribution is 2.23. The number of benzene rings is 1. The topological polar surface area (TPSA) is 95.8 Å². The van der Waals surface area contributed by atoms with Crippen LogP contribution >= 0.6 is 22.9 Å². The van der Waals surface area contributed by atoms with E-state index in [1.165, 1.54) is 12.1 Å². The molecule has 2 amide bonds. The molecule has 0 unspecified atom stereocenters. The van der Waals surface area contributed by atoms with Crippen LogP contribution < -0.4 is 10.2 Å². The van der Waals surface area contributed by atoms with Crippen LogP contribution in [-0.2, 0) is 4.79 Å². The molecule has 0 aliphatic carbocycles. The molecular formula is C17H17ClN4O4S. The maximum atomic E-state index is 12.3. The Kier molecular flexibility index (Phi) is 5.92. The zero-order chi connectivity index (χ0) is 19.4. The van der Waals surface area contributed by atoms with Crippen molar-refractivity contribution in [1.82, 2.24) is 10.2 Å². The van der Waals surface area contributed by atoms with E-state index < -0.39 is 10.8 Å². The number of piperazine rings is 1. The SMILES string of the molecule is O=C(NCC(=O)N1CCN(c2ccc(Cl)cc2)CC1)c1ccc([N+](=O)[O-])s1. The molecule has 2 heterocycles. The zero-order valence-corrected chi connectivity index (χ0v) is 15.8. The Bertz CT molecular complexity index is 847. The van der Waals surface area contributed by atoms with Crippen LogP contribution in [0.5, 0.6) is 0 Å². The summed E-state index contributed by atoms with van der Waals surface area (Å²) >= 11 is 6.68. The molecule has 0 bridgehead atoms. The van der Waals surface area contributed by atoms with Crippen molar-refractivity contribution in [2.75, 3.05) is 37.6 Å². The highest BCUT2D eigenvalue weighted by molar-refractivity contribution is 7.17. The van der Waals surface area contributed by atoms with Gasteiger partial charge in [0.25, 0.3) is 5.91 Å². The summed E-state index contributed by atoms with van der Waals surface area (Å²) in [5.41, 5.74) is 1.05. The van der Waals surface area contributed by atoms with E-state index in [0.29, 0.717) is 31.2 Å². The monoisotopic (exact) mass is 408 g/mol. The predicted molar refractivity (Wildman–Crippen MR) is 104 cm³/mol. The van der Waals surface area contributed by atoms with E-state index in [9.17, 15) is 19.7 Å². The number of carbonyl (C=O) groups is 2. The number of anilines is 1. The van der Waals surface area contributed by atoms with E-state index in [1.54, 1.807) is 4.90 Å². The van der Waals surface area contributed by atoms with Crippen LogP contribution in [0.25, 0.3) is 0 Å². The van der Waals surface area contributed by atoms with Gasteiger partial charge >= 0.3 is 5.00 Å². The number of rotatable bonds is 5. The number of carbonyl (C=O) groups excluding carboxylic acids is 2. The second kappa shape index (κ2) is 8.36. The summed E-state index contributed by atoms with van der Waals surface area (Å²) in [6, 6.07) is 10.2. The van der Waals surface area contributed by atoms with Crippen molar-refractivity contribution in [3.8, 4) is 0 Å². The van der Waals surface area contributed by atoms with Crippen LogP contribution in [0, 0.1) is 10.1 Å². The van der Waals surface area contributed by atoms with E-state index in [1.807, 2.05) is 24.3 Å². The molecule has 1 fully saturated rings. The van der Waals surface area contributed by atoms with Crippen LogP contribution in [0.3, 0.4) is 0 Å². The van der Waals surface area contributed by atoms with Crippen LogP contribution in [-0.4, -0.2) is 54.4 Å². The van der Waals surface area contributed by atoms with E-state index >= 15 is 0 Å². The fourth-order valence-electron chi connectivity index (χ4n) is 2.77. The second-order valence-corrected chi connectivity index (χ2v) is 7.42. The van der Waals surface area contributed by atoms with Crippen molar-refractivity contribution >= 4 is 45.4 Å². The average molecular weight is 409 g/mol. The molecule has 3 rings (SSSR count). The van der Waals surface area contributed by atoms with Gasteiger partial charge in [0.05, 0.1) is 16.3 Å². The summed E-state index contributed by atoms with van der Waals surface area (Å²) in [6.07, 6.45) is 0. The van der Waals surface area contributed by atoms with Gasteiger partial charge in [-0.25, -0.2) is 0 Å². The second-order valence-electron chi connectivity index (χ2n) is 5.92. The third kappa shape index (κ3) is 4.75. The minimum absolute atomic E-state index is 0.107. The van der Waals surface area contributed by atoms with Crippen molar-refractivity contribution in [2.24, 2.45) is 0 Å². The number of halogens is 1. The number of nitrogens with one attached hydrogen (secondary N) is 1. The predicted octanol–water partition coefficient (Wildman–Crippen LogP) is 2.39. The molecule has 0 radical (unpaired) electrons. The molecule has 1 saturated heterocycles. The van der Waals surface area contributed by atoms with Crippen molar-refractivity contribution in [2.45, 2.75) is 0 Å². The van der Waals surface area contributed by atoms with Gasteiger partial charge in [0.15, 0.2) is 0 Å². The van der Waals surface area contributed by atoms with E-state index in [2.05, 4.69) is 10.2 Å². The molecule has 1 aromatic heterocycles. The lowest BCUT2D eigenvalue weighted by Crippen LogP contribution is -2.51. The normalized spacial score (nSPS) is 14.1. The molecule has 1 N–H and O–H groups in total. The third-order valence-electron chi connectivity index (χ3n) is 4.22. The van der Waals surface area contributed by atoms with E-state index in [-0.39, 0.29) is 22.3 Å². The summed E-state index contributed by atoms with van der Waals surface area (Å²) in [6.45, 7) is 2.37. The van der Waals surface area contributed by atoms with E-state index in [0.717, 1.165) is 17.0 Å². The number of thiophene rings is 1. The molecule has 1 aliphatic heterocycles. The summed E-state index contributed by atoms with van der Waals surface area (Å²) in [5, 5.41) is 13.8. The van der Waals surface area contributed by atoms with Crippen molar-refractivity contribution in [3.05, 3.63) is 56.4 Å². The Morgan fingerprint density at radius 3 is 2.37 bits per heavy atom. The highest BCUT2D eigenvalue weighted by atomic mass is 35.5. The van der Waals surface area contributed by atoms with Gasteiger partial charge < -0.3 is 15.1 Å². The lowest BCUT2D eigenvalue weighted by Gasteiger charge is -2.36. The molecule has 2 aromatic rings. The van der Waals surface area contributed by atoms with Crippen molar-refractivity contribution in [3.63, 3.8) is 0 Å². The van der Waals surface area contributed by atoms with Gasteiger partial charge in [0.1, 0.15) is 0 Å². The minimum atomic E-state index is -0.549. The fourth-order valence-corrected chi connectivity index (χ4v) is 3.63. The van der Waals surface area contributed by atoms with Gasteiger partial charge in [-0.2, -0.15) is 0 Å². The maximum Gasteiger partial charge on any atom is 0.324 e. The van der Waals surface area contributed by atoms with Crippen LogP contribution in [0.15, 0.2) is 36.4 Å². The molecule has 1 aliphatic rings. The first-order valence-electron chi connectivity index (χ1n) is 8.25. The summed E-state index contributed by atoms with van der Waals surface area (Å²) in [7, 11) is 0. The first-order valence-corrected chi connectivity index (χ1v) is 9.44. The first kappa shape index (κ1) is 19.1. The molecule has 27 heavy (non-hydrogen) atoms. The first-order chi connectivity index (χ1) is 12.9. The van der Waals surface area contributed by atoms with Crippen LogP contribution in [0.4, 0.5) is 10.7 Å². The van der Waals surface area contributed by atoms with Gasteiger partial charge in [-0.1, -0.05) is 22.9 Å². The van der Waals surface area contributed by atoms with Crippen LogP contribution in [0.1, 0.15) is 9.67 Å². The highest BCUT2D eigenvalue weighted by Gasteiger charge is 2.22. The molecule has 1 aromatic carbocycles. The molecular weight excluding hydrogens is 392 g/mol. The Hall–Kier alpha value is -2.65. The quantitative estimate of drug-likeness (QED) is 0.605. The fraction of sp³-hybridized carbons (Fsp3) is 0.294. The van der Waals surface area contributed by atoms with Crippen LogP contribution in [0.2, 0.25) is 5.02 Å². The number of amides is 2. The Labute approximate surface area is 164 Å². The average Bonchev–Trinajstić information content (AvgIpc) is 3.17. The van der Waals surface area contributed by atoms with E-state index in [4.69, 9.17) is 11.6 Å². The minimum Gasteiger partial charge on any atom is -0.368 e. The van der Waals surface area contributed by atoms with Gasteiger partial charge in [0.2, 0.25) is 5.91 Å². The van der Waals surface area contributed by atoms with Gasteiger partial charge in [-0.3, -0.25) is 19.7 Å². The molecule has 10 heteroatoms. The van der Waals surface area contributed by atoms with Crippen molar-refractivity contribution < 1.29 is 14.5 Å². The lowest BCUT2D eigenvalue weighted by atomic mass is 10.2. The number of nitro groups is 1. The molecule has 0 spiro atoms. The van der Waals surface area contributed by atoms with Gasteiger partial charge in [-0.05, 0) is 30.3 Å². The molecule has 142 valence electrons. The van der Waals surface area contributed by atoms with Gasteiger partial charge in [-0.15, -0.1) is 0 Å². The summed E-state index contributed by atoms with van der Waals surface area (Å²) < 4.78 is 0. The van der Waals surface area contributed by atoms with Gasteiger partial charge in [0, 0.05) is 43.0 Å². The lowest BCUT2D eigenvalue weighted by molar-refractivity contribution is -0.380. The largest absolute Gasteiger partial charge is 0.368 e. The number of nitrogens with zero attached hydrogens (tertiary/aromatic N) is 3.